The van der Waals surface area contributed by atoms with Gasteiger partial charge in [-0.2, -0.15) is 13.2 Å². The largest absolute Gasteiger partial charge is 0.487 e. The molecule has 3 rings (SSSR count). The second-order valence-electron chi connectivity index (χ2n) is 8.21. The van der Waals surface area contributed by atoms with E-state index < -0.39 is 27.5 Å². The molecule has 186 valence electrons. The fourth-order valence-corrected chi connectivity index (χ4v) is 3.62. The third-order valence-electron chi connectivity index (χ3n) is 5.13. The summed E-state index contributed by atoms with van der Waals surface area (Å²) in [6.07, 6.45) is -3.40. The lowest BCUT2D eigenvalue weighted by molar-refractivity contribution is -0.137. The van der Waals surface area contributed by atoms with Crippen LogP contribution in [-0.2, 0) is 22.6 Å². The van der Waals surface area contributed by atoms with E-state index in [0.29, 0.717) is 17.1 Å². The molecule has 0 bridgehead atoms. The number of sulfone groups is 1. The number of aryl methyl sites for hydroxylation is 2. The third kappa shape index (κ3) is 7.48. The molecule has 10 heteroatoms. The molecule has 0 saturated heterocycles. The van der Waals surface area contributed by atoms with Crippen molar-refractivity contribution in [2.75, 3.05) is 22.8 Å². The van der Waals surface area contributed by atoms with Gasteiger partial charge >= 0.3 is 6.18 Å². The van der Waals surface area contributed by atoms with Crippen molar-refractivity contribution in [1.29, 1.82) is 0 Å². The minimum atomic E-state index is -4.49. The van der Waals surface area contributed by atoms with Crippen LogP contribution in [0.25, 0.3) is 0 Å². The molecule has 1 amide bonds. The highest BCUT2D eigenvalue weighted by Gasteiger charge is 2.30. The van der Waals surface area contributed by atoms with Gasteiger partial charge in [0.25, 0.3) is 5.91 Å². The maximum atomic E-state index is 12.8. The molecule has 0 radical (unpaired) electrons. The van der Waals surface area contributed by atoms with Crippen LogP contribution in [0.4, 0.5) is 24.5 Å². The van der Waals surface area contributed by atoms with E-state index in [0.717, 1.165) is 47.2 Å². The molecular formula is C25H25F3N2O4S. The molecule has 0 spiro atoms. The SMILES string of the molecule is Cc1ccc(C)c(COc2cc(NC(=O)c3ccc(C(F)(F)F)cc3)ccc2NCS(C)(=O)=O)c1. The minimum Gasteiger partial charge on any atom is -0.487 e. The Labute approximate surface area is 202 Å². The van der Waals surface area contributed by atoms with Crippen LogP contribution in [0.3, 0.4) is 0 Å². The van der Waals surface area contributed by atoms with Crippen LogP contribution >= 0.6 is 0 Å². The zero-order chi connectivity index (χ0) is 25.8. The highest BCUT2D eigenvalue weighted by atomic mass is 32.2. The first-order valence-corrected chi connectivity index (χ1v) is 12.6. The molecule has 0 fully saturated rings. The molecule has 0 aliphatic carbocycles. The number of carbonyl (C=O) groups is 1. The first-order valence-electron chi connectivity index (χ1n) is 10.5. The molecule has 6 nitrogen and oxygen atoms in total. The summed E-state index contributed by atoms with van der Waals surface area (Å²) in [7, 11) is -3.31. The maximum absolute atomic E-state index is 12.8. The van der Waals surface area contributed by atoms with E-state index in [1.54, 1.807) is 6.07 Å². The molecule has 35 heavy (non-hydrogen) atoms. The topological polar surface area (TPSA) is 84.5 Å². The molecule has 2 N–H and O–H groups in total. The Hall–Kier alpha value is -3.53. The Balaban J connectivity index is 1.82. The number of benzene rings is 3. The summed E-state index contributed by atoms with van der Waals surface area (Å²) in [6.45, 7) is 4.11. The molecule has 0 atom stereocenters. The summed E-state index contributed by atoms with van der Waals surface area (Å²) in [5, 5.41) is 5.44. The van der Waals surface area contributed by atoms with Crippen LogP contribution in [-0.4, -0.2) is 26.5 Å². The zero-order valence-corrected chi connectivity index (χ0v) is 20.2. The molecule has 3 aromatic rings. The smallest absolute Gasteiger partial charge is 0.416 e. The van der Waals surface area contributed by atoms with Crippen molar-refractivity contribution in [3.05, 3.63) is 88.5 Å². The Kier molecular flexibility index (Phi) is 7.74. The van der Waals surface area contributed by atoms with Crippen LogP contribution in [0.2, 0.25) is 0 Å². The molecular weight excluding hydrogens is 481 g/mol. The van der Waals surface area contributed by atoms with Gasteiger partial charge in [0.1, 0.15) is 18.2 Å². The average Bonchev–Trinajstić information content (AvgIpc) is 2.78. The number of alkyl halides is 3. The van der Waals surface area contributed by atoms with Gasteiger partial charge in [0.05, 0.1) is 11.3 Å². The van der Waals surface area contributed by atoms with Gasteiger partial charge in [-0.1, -0.05) is 23.8 Å². The van der Waals surface area contributed by atoms with Crippen molar-refractivity contribution in [3.63, 3.8) is 0 Å². The Morgan fingerprint density at radius 2 is 1.66 bits per heavy atom. The number of nitrogens with one attached hydrogen (secondary N) is 2. The van der Waals surface area contributed by atoms with Gasteiger partial charge in [-0.3, -0.25) is 4.79 Å². The fourth-order valence-electron chi connectivity index (χ4n) is 3.20. The Morgan fingerprint density at radius 3 is 2.29 bits per heavy atom. The van der Waals surface area contributed by atoms with Crippen LogP contribution in [0.5, 0.6) is 5.75 Å². The summed E-state index contributed by atoms with van der Waals surface area (Å²) in [6, 6.07) is 14.4. The number of halogens is 3. The lowest BCUT2D eigenvalue weighted by Gasteiger charge is -2.16. The standard InChI is InChI=1S/C25H25F3N2O4S/c1-16-4-5-17(2)19(12-16)14-34-23-13-21(10-11-22(23)29-15-35(3,32)33)30-24(31)18-6-8-20(9-7-18)25(26,27)28/h4-13,29H,14-15H2,1-3H3,(H,30,31). The Morgan fingerprint density at radius 1 is 0.971 bits per heavy atom. The van der Waals surface area contributed by atoms with Gasteiger partial charge in [0.2, 0.25) is 0 Å². The zero-order valence-electron chi connectivity index (χ0n) is 19.4. The van der Waals surface area contributed by atoms with E-state index >= 15 is 0 Å². The number of hydrogen-bond donors (Lipinski definition) is 2. The van der Waals surface area contributed by atoms with Crippen molar-refractivity contribution < 1.29 is 31.1 Å². The van der Waals surface area contributed by atoms with Gasteiger partial charge in [0, 0.05) is 23.6 Å². The molecule has 0 aliphatic rings. The number of amides is 1. The van der Waals surface area contributed by atoms with Crippen LogP contribution < -0.4 is 15.4 Å². The van der Waals surface area contributed by atoms with Crippen LogP contribution in [0, 0.1) is 13.8 Å². The van der Waals surface area contributed by atoms with E-state index in [1.807, 2.05) is 32.0 Å². The van der Waals surface area contributed by atoms with E-state index in [2.05, 4.69) is 10.6 Å². The predicted molar refractivity (Wildman–Crippen MR) is 129 cm³/mol. The maximum Gasteiger partial charge on any atom is 0.416 e. The number of hydrogen-bond acceptors (Lipinski definition) is 5. The monoisotopic (exact) mass is 506 g/mol. The summed E-state index contributed by atoms with van der Waals surface area (Å²) in [5.41, 5.74) is 2.96. The van der Waals surface area contributed by atoms with Crippen molar-refractivity contribution in [3.8, 4) is 5.75 Å². The Bertz CT molecular complexity index is 1320. The molecule has 0 heterocycles. The lowest BCUT2D eigenvalue weighted by atomic mass is 10.1. The van der Waals surface area contributed by atoms with Gasteiger partial charge in [-0.15, -0.1) is 0 Å². The molecule has 0 saturated carbocycles. The number of anilines is 2. The predicted octanol–water partition coefficient (Wildman–Crippen LogP) is 5.57. The number of carbonyl (C=O) groups excluding carboxylic acids is 1. The van der Waals surface area contributed by atoms with Gasteiger partial charge in [-0.25, -0.2) is 8.42 Å². The van der Waals surface area contributed by atoms with Gasteiger partial charge in [-0.05, 0) is 61.4 Å². The quantitative estimate of drug-likeness (QED) is 0.418. The van der Waals surface area contributed by atoms with Crippen molar-refractivity contribution >= 4 is 27.1 Å². The number of rotatable bonds is 8. The average molecular weight is 507 g/mol. The van der Waals surface area contributed by atoms with Gasteiger partial charge < -0.3 is 15.4 Å². The van der Waals surface area contributed by atoms with Crippen LogP contribution in [0.15, 0.2) is 60.7 Å². The second-order valence-corrected chi connectivity index (χ2v) is 10.3. The normalized spacial score (nSPS) is 11.7. The van der Waals surface area contributed by atoms with Crippen molar-refractivity contribution in [2.45, 2.75) is 26.6 Å². The highest BCUT2D eigenvalue weighted by Crippen LogP contribution is 2.31. The summed E-state index contributed by atoms with van der Waals surface area (Å²) < 4.78 is 67.5. The van der Waals surface area contributed by atoms with Crippen molar-refractivity contribution in [1.82, 2.24) is 0 Å². The van der Waals surface area contributed by atoms with Gasteiger partial charge in [0.15, 0.2) is 9.84 Å². The molecule has 0 aromatic heterocycles. The summed E-state index contributed by atoms with van der Waals surface area (Å²) >= 11 is 0. The van der Waals surface area contributed by atoms with E-state index in [9.17, 15) is 26.4 Å². The van der Waals surface area contributed by atoms with E-state index in [1.165, 1.54) is 12.1 Å². The highest BCUT2D eigenvalue weighted by molar-refractivity contribution is 7.90. The number of ether oxygens (including phenoxy) is 1. The first-order chi connectivity index (χ1) is 16.3. The lowest BCUT2D eigenvalue weighted by Crippen LogP contribution is -2.15. The second kappa shape index (κ2) is 10.4. The summed E-state index contributed by atoms with van der Waals surface area (Å²) in [4.78, 5) is 12.6. The minimum absolute atomic E-state index is 0.0510. The van der Waals surface area contributed by atoms with Crippen LogP contribution in [0.1, 0.15) is 32.6 Å². The first kappa shape index (κ1) is 26.1. The third-order valence-corrected chi connectivity index (χ3v) is 5.80. The summed E-state index contributed by atoms with van der Waals surface area (Å²) in [5.74, 6) is -0.611. The van der Waals surface area contributed by atoms with Crippen molar-refractivity contribution in [2.24, 2.45) is 0 Å². The molecule has 3 aromatic carbocycles. The fraction of sp³-hybridized carbons (Fsp3) is 0.240. The molecule has 0 unspecified atom stereocenters. The molecule has 0 aliphatic heterocycles. The van der Waals surface area contributed by atoms with E-state index in [-0.39, 0.29) is 18.0 Å². The van der Waals surface area contributed by atoms with E-state index in [4.69, 9.17) is 4.74 Å².